The number of aliphatic imine (C=N–C) groups is 1. The Kier molecular flexibility index (Phi) is 8.99. The van der Waals surface area contributed by atoms with Crippen LogP contribution in [0.25, 0.3) is 0 Å². The first-order valence-electron chi connectivity index (χ1n) is 7.64. The monoisotopic (exact) mass is 441 g/mol. The third kappa shape index (κ3) is 6.66. The second-order valence-corrected chi connectivity index (χ2v) is 5.07. The summed E-state index contributed by atoms with van der Waals surface area (Å²) in [6.45, 7) is 3.96. The summed E-state index contributed by atoms with van der Waals surface area (Å²) >= 11 is 0. The molecule has 0 aliphatic rings. The number of nitrogens with zero attached hydrogens (tertiary/aromatic N) is 1. The van der Waals surface area contributed by atoms with Gasteiger partial charge in [-0.05, 0) is 42.3 Å². The van der Waals surface area contributed by atoms with E-state index >= 15 is 0 Å². The zero-order chi connectivity index (χ0) is 16.5. The van der Waals surface area contributed by atoms with Crippen molar-refractivity contribution in [2.45, 2.75) is 20.0 Å². The average molecular weight is 441 g/mol. The van der Waals surface area contributed by atoms with Crippen molar-refractivity contribution in [3.63, 3.8) is 0 Å². The quantitative estimate of drug-likeness (QED) is 0.366. The number of phenolic OH excluding ortho intramolecular Hbond substituents is 1. The number of ether oxygens (including phenoxy) is 1. The fraction of sp³-hybridized carbons (Fsp3) is 0.278. The molecule has 24 heavy (non-hydrogen) atoms. The van der Waals surface area contributed by atoms with Gasteiger partial charge in [-0.3, -0.25) is 0 Å². The van der Waals surface area contributed by atoms with Gasteiger partial charge in [0, 0.05) is 13.1 Å². The van der Waals surface area contributed by atoms with Crippen LogP contribution in [0, 0.1) is 0 Å². The largest absolute Gasteiger partial charge is 0.508 e. The van der Waals surface area contributed by atoms with E-state index in [9.17, 15) is 5.11 Å². The molecule has 0 aliphatic heterocycles. The second-order valence-electron chi connectivity index (χ2n) is 5.07. The Morgan fingerprint density at radius 3 is 2.54 bits per heavy atom. The highest BCUT2D eigenvalue weighted by Crippen LogP contribution is 2.13. The molecule has 0 saturated heterocycles. The zero-order valence-corrected chi connectivity index (χ0v) is 16.3. The van der Waals surface area contributed by atoms with Gasteiger partial charge in [-0.25, -0.2) is 4.99 Å². The van der Waals surface area contributed by atoms with Gasteiger partial charge in [-0.2, -0.15) is 0 Å². The van der Waals surface area contributed by atoms with Gasteiger partial charge in [0.15, 0.2) is 5.96 Å². The maximum Gasteiger partial charge on any atom is 0.191 e. The fourth-order valence-corrected chi connectivity index (χ4v) is 2.14. The number of halogens is 1. The molecule has 2 aromatic carbocycles. The van der Waals surface area contributed by atoms with Gasteiger partial charge in [0.2, 0.25) is 0 Å². The first-order valence-corrected chi connectivity index (χ1v) is 7.64. The van der Waals surface area contributed by atoms with Crippen molar-refractivity contribution in [2.75, 3.05) is 13.7 Å². The van der Waals surface area contributed by atoms with E-state index in [2.05, 4.69) is 15.6 Å². The molecule has 5 nitrogen and oxygen atoms in total. The van der Waals surface area contributed by atoms with Crippen LogP contribution in [0.2, 0.25) is 0 Å². The number of phenols is 1. The topological polar surface area (TPSA) is 65.9 Å². The van der Waals surface area contributed by atoms with E-state index in [0.29, 0.717) is 13.1 Å². The number of hydrogen-bond acceptors (Lipinski definition) is 3. The highest BCUT2D eigenvalue weighted by atomic mass is 127. The number of nitrogens with one attached hydrogen (secondary N) is 2. The van der Waals surface area contributed by atoms with E-state index in [4.69, 9.17) is 4.74 Å². The summed E-state index contributed by atoms with van der Waals surface area (Å²) in [6, 6.07) is 15.0. The lowest BCUT2D eigenvalue weighted by atomic mass is 10.2. The summed E-state index contributed by atoms with van der Waals surface area (Å²) < 4.78 is 5.23. The Labute approximate surface area is 160 Å². The number of methoxy groups -OCH3 is 1. The Balaban J connectivity index is 0.00000288. The molecule has 0 bridgehead atoms. The van der Waals surface area contributed by atoms with E-state index < -0.39 is 0 Å². The van der Waals surface area contributed by atoms with Crippen molar-refractivity contribution >= 4 is 29.9 Å². The summed E-state index contributed by atoms with van der Waals surface area (Å²) in [4.78, 5) is 4.53. The molecule has 0 aliphatic carbocycles. The minimum Gasteiger partial charge on any atom is -0.508 e. The lowest BCUT2D eigenvalue weighted by Crippen LogP contribution is -2.36. The molecule has 0 aromatic heterocycles. The lowest BCUT2D eigenvalue weighted by Gasteiger charge is -2.12. The van der Waals surface area contributed by atoms with Gasteiger partial charge in [0.25, 0.3) is 0 Å². The number of rotatable bonds is 6. The van der Waals surface area contributed by atoms with Gasteiger partial charge in [-0.1, -0.05) is 24.3 Å². The van der Waals surface area contributed by atoms with Crippen molar-refractivity contribution < 1.29 is 9.84 Å². The summed E-state index contributed by atoms with van der Waals surface area (Å²) in [7, 11) is 1.66. The third-order valence-electron chi connectivity index (χ3n) is 3.27. The van der Waals surface area contributed by atoms with E-state index in [-0.39, 0.29) is 29.7 Å². The molecule has 0 radical (unpaired) electrons. The highest BCUT2D eigenvalue weighted by molar-refractivity contribution is 14.0. The zero-order valence-electron chi connectivity index (χ0n) is 14.0. The molecule has 3 N–H and O–H groups in total. The van der Waals surface area contributed by atoms with E-state index in [1.54, 1.807) is 19.2 Å². The van der Waals surface area contributed by atoms with Crippen molar-refractivity contribution in [3.8, 4) is 11.5 Å². The van der Waals surface area contributed by atoms with Gasteiger partial charge in [0.05, 0.1) is 13.7 Å². The van der Waals surface area contributed by atoms with Crippen molar-refractivity contribution in [2.24, 2.45) is 4.99 Å². The Bertz CT molecular complexity index is 662. The SMILES string of the molecule is CCNC(=NCc1cccc(O)c1)NCc1cccc(OC)c1.I. The third-order valence-corrected chi connectivity index (χ3v) is 3.27. The van der Waals surface area contributed by atoms with Crippen LogP contribution in [0.5, 0.6) is 11.5 Å². The maximum atomic E-state index is 9.49. The summed E-state index contributed by atoms with van der Waals surface area (Å²) in [5, 5.41) is 16.0. The van der Waals surface area contributed by atoms with Crippen LogP contribution in [0.1, 0.15) is 18.1 Å². The highest BCUT2D eigenvalue weighted by Gasteiger charge is 2.00. The fourth-order valence-electron chi connectivity index (χ4n) is 2.14. The van der Waals surface area contributed by atoms with Crippen molar-refractivity contribution in [1.82, 2.24) is 10.6 Å². The molecule has 0 spiro atoms. The molecule has 2 aromatic rings. The van der Waals surface area contributed by atoms with E-state index in [0.717, 1.165) is 29.4 Å². The molecule has 0 fully saturated rings. The van der Waals surface area contributed by atoms with E-state index in [1.807, 2.05) is 43.3 Å². The average Bonchev–Trinajstić information content (AvgIpc) is 2.57. The number of aromatic hydroxyl groups is 1. The van der Waals surface area contributed by atoms with Gasteiger partial charge < -0.3 is 20.5 Å². The van der Waals surface area contributed by atoms with Crippen LogP contribution in [0.15, 0.2) is 53.5 Å². The number of guanidine groups is 1. The normalized spacial score (nSPS) is 10.7. The molecule has 0 atom stereocenters. The molecule has 0 saturated carbocycles. The molecule has 0 heterocycles. The van der Waals surface area contributed by atoms with Crippen LogP contribution in [0.4, 0.5) is 0 Å². The predicted molar refractivity (Wildman–Crippen MR) is 108 cm³/mol. The first kappa shape index (κ1) is 20.1. The second kappa shape index (κ2) is 10.7. The smallest absolute Gasteiger partial charge is 0.191 e. The van der Waals surface area contributed by atoms with Gasteiger partial charge in [0.1, 0.15) is 11.5 Å². The van der Waals surface area contributed by atoms with Gasteiger partial charge >= 0.3 is 0 Å². The summed E-state index contributed by atoms with van der Waals surface area (Å²) in [6.07, 6.45) is 0. The number of benzene rings is 2. The molecular formula is C18H24IN3O2. The van der Waals surface area contributed by atoms with Crippen molar-refractivity contribution in [3.05, 3.63) is 59.7 Å². The van der Waals surface area contributed by atoms with Gasteiger partial charge in [-0.15, -0.1) is 24.0 Å². The van der Waals surface area contributed by atoms with Crippen LogP contribution in [-0.2, 0) is 13.1 Å². The van der Waals surface area contributed by atoms with Crippen LogP contribution in [0.3, 0.4) is 0 Å². The van der Waals surface area contributed by atoms with Crippen molar-refractivity contribution in [1.29, 1.82) is 0 Å². The minimum absolute atomic E-state index is 0. The Morgan fingerprint density at radius 2 is 1.83 bits per heavy atom. The molecule has 2 rings (SSSR count). The first-order chi connectivity index (χ1) is 11.2. The van der Waals surface area contributed by atoms with Crippen LogP contribution in [-0.4, -0.2) is 24.7 Å². The minimum atomic E-state index is 0. The Morgan fingerprint density at radius 1 is 1.08 bits per heavy atom. The van der Waals surface area contributed by atoms with Crippen LogP contribution < -0.4 is 15.4 Å². The van der Waals surface area contributed by atoms with E-state index in [1.165, 1.54) is 0 Å². The van der Waals surface area contributed by atoms with Crippen LogP contribution >= 0.6 is 24.0 Å². The molecule has 0 unspecified atom stereocenters. The summed E-state index contributed by atoms with van der Waals surface area (Å²) in [5.41, 5.74) is 2.08. The summed E-state index contributed by atoms with van der Waals surface area (Å²) in [5.74, 6) is 1.83. The number of hydrogen-bond donors (Lipinski definition) is 3. The standard InChI is InChI=1S/C18H23N3O2.HI/c1-3-19-18(20-12-14-6-4-8-16(22)10-14)21-13-15-7-5-9-17(11-15)23-2;/h4-11,22H,3,12-13H2,1-2H3,(H2,19,20,21);1H. The molecular weight excluding hydrogens is 417 g/mol. The molecule has 130 valence electrons. The Hall–Kier alpha value is -1.96. The molecule has 6 heteroatoms. The predicted octanol–water partition coefficient (Wildman–Crippen LogP) is 3.27. The lowest BCUT2D eigenvalue weighted by molar-refractivity contribution is 0.414. The molecule has 0 amide bonds. The maximum absolute atomic E-state index is 9.49.